The van der Waals surface area contributed by atoms with E-state index in [1.165, 1.54) is 0 Å². The van der Waals surface area contributed by atoms with Crippen LogP contribution >= 0.6 is 0 Å². The highest BCUT2D eigenvalue weighted by Crippen LogP contribution is 2.25. The predicted molar refractivity (Wildman–Crippen MR) is 83.1 cm³/mol. The van der Waals surface area contributed by atoms with Crippen LogP contribution in [0.4, 0.5) is 0 Å². The Kier molecular flexibility index (Phi) is 5.33. The zero-order valence-electron chi connectivity index (χ0n) is 13.0. The topological polar surface area (TPSA) is 66.0 Å². The molecule has 1 aromatic carbocycles. The van der Waals surface area contributed by atoms with Crippen LogP contribution < -0.4 is 10.5 Å². The minimum absolute atomic E-state index is 0.150. The van der Waals surface area contributed by atoms with Crippen LogP contribution in [0.15, 0.2) is 30.6 Å². The number of rotatable bonds is 7. The van der Waals surface area contributed by atoms with Crippen LogP contribution in [0.1, 0.15) is 38.2 Å². The van der Waals surface area contributed by atoms with Crippen LogP contribution in [0.5, 0.6) is 5.75 Å². The Balaban J connectivity index is 2.15. The lowest BCUT2D eigenvalue weighted by molar-refractivity contribution is 0.333. The molecule has 2 aromatic rings. The Hall–Kier alpha value is -1.88. The molecule has 1 aromatic heterocycles. The second kappa shape index (κ2) is 7.22. The van der Waals surface area contributed by atoms with Crippen molar-refractivity contribution in [2.24, 2.45) is 11.7 Å². The molecular weight excluding hydrogens is 264 g/mol. The summed E-state index contributed by atoms with van der Waals surface area (Å²) in [5, 5.41) is 4.28. The highest BCUT2D eigenvalue weighted by molar-refractivity contribution is 5.36. The molecule has 21 heavy (non-hydrogen) atoms. The SMILES string of the molecule is CCOc1ccccc1C(N)Cc1ncnn1CC(C)C. The van der Waals surface area contributed by atoms with Gasteiger partial charge in [0, 0.05) is 24.6 Å². The first-order valence-electron chi connectivity index (χ1n) is 7.45. The average molecular weight is 288 g/mol. The summed E-state index contributed by atoms with van der Waals surface area (Å²) >= 11 is 0. The molecule has 1 atom stereocenters. The second-order valence-electron chi connectivity index (χ2n) is 5.53. The van der Waals surface area contributed by atoms with Gasteiger partial charge in [0.25, 0.3) is 0 Å². The number of nitrogens with zero attached hydrogens (tertiary/aromatic N) is 3. The summed E-state index contributed by atoms with van der Waals surface area (Å²) in [7, 11) is 0. The van der Waals surface area contributed by atoms with Crippen LogP contribution in [-0.2, 0) is 13.0 Å². The predicted octanol–water partition coefficient (Wildman–Crippen LogP) is 2.58. The zero-order valence-corrected chi connectivity index (χ0v) is 13.0. The summed E-state index contributed by atoms with van der Waals surface area (Å²) in [5.41, 5.74) is 7.37. The molecule has 0 amide bonds. The van der Waals surface area contributed by atoms with Gasteiger partial charge in [0.15, 0.2) is 0 Å². The highest BCUT2D eigenvalue weighted by Gasteiger charge is 2.16. The summed E-state index contributed by atoms with van der Waals surface area (Å²) in [4.78, 5) is 4.34. The van der Waals surface area contributed by atoms with E-state index in [4.69, 9.17) is 10.5 Å². The molecule has 0 saturated heterocycles. The van der Waals surface area contributed by atoms with Crippen molar-refractivity contribution in [2.45, 2.75) is 39.8 Å². The number of para-hydroxylation sites is 1. The van der Waals surface area contributed by atoms with Crippen molar-refractivity contribution in [3.63, 3.8) is 0 Å². The minimum atomic E-state index is -0.150. The van der Waals surface area contributed by atoms with Crippen LogP contribution in [0, 0.1) is 5.92 Å². The van der Waals surface area contributed by atoms with Gasteiger partial charge < -0.3 is 10.5 Å². The van der Waals surface area contributed by atoms with E-state index in [2.05, 4.69) is 23.9 Å². The molecule has 114 valence electrons. The summed E-state index contributed by atoms with van der Waals surface area (Å²) < 4.78 is 7.59. The third-order valence-corrected chi connectivity index (χ3v) is 3.25. The Labute approximate surface area is 126 Å². The third kappa shape index (κ3) is 4.04. The molecule has 1 heterocycles. The molecule has 0 aliphatic carbocycles. The molecule has 0 aliphatic heterocycles. The van der Waals surface area contributed by atoms with Crippen molar-refractivity contribution >= 4 is 0 Å². The summed E-state index contributed by atoms with van der Waals surface area (Å²) in [6.45, 7) is 7.79. The lowest BCUT2D eigenvalue weighted by atomic mass is 10.0. The molecule has 5 heteroatoms. The largest absolute Gasteiger partial charge is 0.494 e. The molecule has 1 unspecified atom stereocenters. The lowest BCUT2D eigenvalue weighted by Crippen LogP contribution is -2.19. The van der Waals surface area contributed by atoms with E-state index in [1.807, 2.05) is 35.9 Å². The first-order chi connectivity index (χ1) is 10.1. The number of hydrogen-bond donors (Lipinski definition) is 1. The standard InChI is InChI=1S/C16H24N4O/c1-4-21-15-8-6-5-7-13(15)14(17)9-16-18-11-19-20(16)10-12(2)3/h5-8,11-12,14H,4,9-10,17H2,1-3H3. The molecule has 0 spiro atoms. The number of hydrogen-bond acceptors (Lipinski definition) is 4. The lowest BCUT2D eigenvalue weighted by Gasteiger charge is -2.17. The molecule has 5 nitrogen and oxygen atoms in total. The highest BCUT2D eigenvalue weighted by atomic mass is 16.5. The maximum Gasteiger partial charge on any atom is 0.138 e. The summed E-state index contributed by atoms with van der Waals surface area (Å²) in [6, 6.07) is 7.76. The molecule has 0 radical (unpaired) electrons. The Morgan fingerprint density at radius 2 is 2.05 bits per heavy atom. The maximum absolute atomic E-state index is 6.36. The molecule has 0 fully saturated rings. The second-order valence-corrected chi connectivity index (χ2v) is 5.53. The molecule has 0 bridgehead atoms. The van der Waals surface area contributed by atoms with E-state index in [0.717, 1.165) is 23.7 Å². The van der Waals surface area contributed by atoms with Crippen molar-refractivity contribution in [3.05, 3.63) is 42.0 Å². The monoisotopic (exact) mass is 288 g/mol. The van der Waals surface area contributed by atoms with Crippen LogP contribution in [0.25, 0.3) is 0 Å². The van der Waals surface area contributed by atoms with Crippen LogP contribution in [-0.4, -0.2) is 21.4 Å². The van der Waals surface area contributed by atoms with Crippen LogP contribution in [0.3, 0.4) is 0 Å². The molecule has 2 rings (SSSR count). The first-order valence-corrected chi connectivity index (χ1v) is 7.45. The van der Waals surface area contributed by atoms with E-state index in [9.17, 15) is 0 Å². The fraction of sp³-hybridized carbons (Fsp3) is 0.500. The number of nitrogens with two attached hydrogens (primary N) is 1. The van der Waals surface area contributed by atoms with Gasteiger partial charge in [-0.3, -0.25) is 0 Å². The van der Waals surface area contributed by atoms with Gasteiger partial charge in [0.05, 0.1) is 6.61 Å². The van der Waals surface area contributed by atoms with Crippen molar-refractivity contribution < 1.29 is 4.74 Å². The van der Waals surface area contributed by atoms with Crippen molar-refractivity contribution in [3.8, 4) is 5.75 Å². The number of ether oxygens (including phenoxy) is 1. The smallest absolute Gasteiger partial charge is 0.138 e. The van der Waals surface area contributed by atoms with Crippen LogP contribution in [0.2, 0.25) is 0 Å². The van der Waals surface area contributed by atoms with E-state index in [0.29, 0.717) is 18.9 Å². The number of benzene rings is 1. The fourth-order valence-corrected chi connectivity index (χ4v) is 2.33. The normalized spacial score (nSPS) is 12.6. The van der Waals surface area contributed by atoms with Crippen molar-refractivity contribution in [1.29, 1.82) is 0 Å². The van der Waals surface area contributed by atoms with Gasteiger partial charge in [-0.05, 0) is 18.9 Å². The number of aromatic nitrogens is 3. The quantitative estimate of drug-likeness (QED) is 0.850. The van der Waals surface area contributed by atoms with Gasteiger partial charge in [-0.2, -0.15) is 5.10 Å². The molecule has 0 saturated carbocycles. The maximum atomic E-state index is 6.36. The Bertz CT molecular complexity index is 565. The van der Waals surface area contributed by atoms with Gasteiger partial charge in [0.2, 0.25) is 0 Å². The van der Waals surface area contributed by atoms with E-state index in [1.54, 1.807) is 6.33 Å². The van der Waals surface area contributed by atoms with Gasteiger partial charge in [0.1, 0.15) is 17.9 Å². The summed E-state index contributed by atoms with van der Waals surface area (Å²) in [6.07, 6.45) is 2.25. The van der Waals surface area contributed by atoms with Gasteiger partial charge in [-0.1, -0.05) is 32.0 Å². The average Bonchev–Trinajstić information content (AvgIpc) is 2.86. The summed E-state index contributed by atoms with van der Waals surface area (Å²) in [5.74, 6) is 2.29. The molecular formula is C16H24N4O. The third-order valence-electron chi connectivity index (χ3n) is 3.25. The Morgan fingerprint density at radius 1 is 1.29 bits per heavy atom. The molecule has 0 aliphatic rings. The van der Waals surface area contributed by atoms with Crippen molar-refractivity contribution in [1.82, 2.24) is 14.8 Å². The fourth-order valence-electron chi connectivity index (χ4n) is 2.33. The van der Waals surface area contributed by atoms with Gasteiger partial charge >= 0.3 is 0 Å². The zero-order chi connectivity index (χ0) is 15.2. The van der Waals surface area contributed by atoms with Crippen molar-refractivity contribution in [2.75, 3.05) is 6.61 Å². The first kappa shape index (κ1) is 15.5. The van der Waals surface area contributed by atoms with E-state index >= 15 is 0 Å². The van der Waals surface area contributed by atoms with Gasteiger partial charge in [-0.15, -0.1) is 0 Å². The van der Waals surface area contributed by atoms with E-state index in [-0.39, 0.29) is 6.04 Å². The van der Waals surface area contributed by atoms with E-state index < -0.39 is 0 Å². The molecule has 2 N–H and O–H groups in total. The Morgan fingerprint density at radius 3 is 2.76 bits per heavy atom. The minimum Gasteiger partial charge on any atom is -0.494 e. The van der Waals surface area contributed by atoms with Gasteiger partial charge in [-0.25, -0.2) is 9.67 Å².